The van der Waals surface area contributed by atoms with Crippen molar-refractivity contribution >= 4 is 11.9 Å². The molecule has 5 heteroatoms. The maximum absolute atomic E-state index is 12.6. The number of carboxylic acid groups (broad SMARTS) is 1. The third-order valence-corrected chi connectivity index (χ3v) is 3.87. The number of hydrogen-bond acceptors (Lipinski definition) is 3. The Balaban J connectivity index is 2.95. The van der Waals surface area contributed by atoms with Gasteiger partial charge >= 0.3 is 5.97 Å². The predicted octanol–water partition coefficient (Wildman–Crippen LogP) is 1.09. The predicted molar refractivity (Wildman–Crippen MR) is 69.3 cm³/mol. The molecule has 0 spiro atoms. The van der Waals surface area contributed by atoms with Gasteiger partial charge in [0.25, 0.3) is 0 Å². The Hall–Kier alpha value is -1.10. The molecule has 0 radical (unpaired) electrons. The quantitative estimate of drug-likeness (QED) is 0.790. The lowest BCUT2D eigenvalue weighted by molar-refractivity contribution is -0.161. The van der Waals surface area contributed by atoms with Crippen LogP contribution in [0, 0.1) is 5.41 Å². The van der Waals surface area contributed by atoms with Gasteiger partial charge in [-0.05, 0) is 47.1 Å². The smallest absolute Gasteiger partial charge is 0.329 e. The lowest BCUT2D eigenvalue weighted by atomic mass is 9.80. The van der Waals surface area contributed by atoms with Gasteiger partial charge in [0.15, 0.2) is 0 Å². The number of nitrogens with one attached hydrogen (secondary N) is 1. The topological polar surface area (TPSA) is 69.6 Å². The SMILES string of the molecule is CCN(C(=O)C1(C)CCCNC1)C(C)(C)C(=O)O. The van der Waals surface area contributed by atoms with E-state index in [0.717, 1.165) is 19.4 Å². The molecule has 1 unspecified atom stereocenters. The maximum atomic E-state index is 12.6. The molecule has 1 heterocycles. The van der Waals surface area contributed by atoms with Crippen molar-refractivity contribution in [3.8, 4) is 0 Å². The molecule has 0 aromatic heterocycles. The van der Waals surface area contributed by atoms with Crippen LogP contribution < -0.4 is 5.32 Å². The lowest BCUT2D eigenvalue weighted by Gasteiger charge is -2.42. The Labute approximate surface area is 109 Å². The summed E-state index contributed by atoms with van der Waals surface area (Å²) in [7, 11) is 0. The highest BCUT2D eigenvalue weighted by atomic mass is 16.4. The zero-order chi connectivity index (χ0) is 14.0. The van der Waals surface area contributed by atoms with Crippen LogP contribution in [0.25, 0.3) is 0 Å². The van der Waals surface area contributed by atoms with E-state index in [0.29, 0.717) is 13.1 Å². The Morgan fingerprint density at radius 2 is 2.06 bits per heavy atom. The van der Waals surface area contributed by atoms with Gasteiger partial charge in [0, 0.05) is 13.1 Å². The molecule has 1 amide bonds. The fraction of sp³-hybridized carbons (Fsp3) is 0.846. The summed E-state index contributed by atoms with van der Waals surface area (Å²) in [6.07, 6.45) is 1.76. The molecule has 0 aromatic carbocycles. The van der Waals surface area contributed by atoms with Crippen molar-refractivity contribution in [1.29, 1.82) is 0 Å². The Kier molecular flexibility index (Phi) is 4.37. The third-order valence-electron chi connectivity index (χ3n) is 3.87. The van der Waals surface area contributed by atoms with E-state index in [-0.39, 0.29) is 5.91 Å². The van der Waals surface area contributed by atoms with Crippen LogP contribution in [0.15, 0.2) is 0 Å². The van der Waals surface area contributed by atoms with Crippen LogP contribution in [0.2, 0.25) is 0 Å². The molecule has 0 bridgehead atoms. The first-order chi connectivity index (χ1) is 8.25. The van der Waals surface area contributed by atoms with Gasteiger partial charge in [0.2, 0.25) is 5.91 Å². The average Bonchev–Trinajstić information content (AvgIpc) is 2.30. The Bertz CT molecular complexity index is 333. The first-order valence-electron chi connectivity index (χ1n) is 6.52. The minimum Gasteiger partial charge on any atom is -0.480 e. The monoisotopic (exact) mass is 256 g/mol. The number of carbonyl (C=O) groups excluding carboxylic acids is 1. The Morgan fingerprint density at radius 1 is 1.44 bits per heavy atom. The van der Waals surface area contributed by atoms with Gasteiger partial charge < -0.3 is 15.3 Å². The van der Waals surface area contributed by atoms with E-state index in [4.69, 9.17) is 0 Å². The van der Waals surface area contributed by atoms with Crippen LogP contribution >= 0.6 is 0 Å². The van der Waals surface area contributed by atoms with Gasteiger partial charge in [0.05, 0.1) is 5.41 Å². The summed E-state index contributed by atoms with van der Waals surface area (Å²) >= 11 is 0. The molecule has 104 valence electrons. The van der Waals surface area contributed by atoms with Crippen LogP contribution in [0.1, 0.15) is 40.5 Å². The highest BCUT2D eigenvalue weighted by Crippen LogP contribution is 2.31. The molecule has 1 saturated heterocycles. The largest absolute Gasteiger partial charge is 0.480 e. The zero-order valence-electron chi connectivity index (χ0n) is 11.7. The standard InChI is InChI=1S/C13H24N2O3/c1-5-15(12(2,3)11(17)18)10(16)13(4)7-6-8-14-9-13/h14H,5-9H2,1-4H3,(H,17,18). The lowest BCUT2D eigenvalue weighted by Crippen LogP contribution is -2.59. The highest BCUT2D eigenvalue weighted by molar-refractivity contribution is 5.89. The van der Waals surface area contributed by atoms with Crippen LogP contribution in [0.3, 0.4) is 0 Å². The molecular weight excluding hydrogens is 232 g/mol. The van der Waals surface area contributed by atoms with Gasteiger partial charge in [-0.2, -0.15) is 0 Å². The highest BCUT2D eigenvalue weighted by Gasteiger charge is 2.44. The number of likely N-dealkylation sites (N-methyl/N-ethyl adjacent to an activating group) is 1. The van der Waals surface area contributed by atoms with Crippen LogP contribution in [0.5, 0.6) is 0 Å². The van der Waals surface area contributed by atoms with Crippen LogP contribution in [0.4, 0.5) is 0 Å². The van der Waals surface area contributed by atoms with Crippen molar-refractivity contribution in [3.63, 3.8) is 0 Å². The summed E-state index contributed by atoms with van der Waals surface area (Å²) in [6.45, 7) is 8.86. The minimum absolute atomic E-state index is 0.0652. The van der Waals surface area contributed by atoms with Crippen molar-refractivity contribution in [3.05, 3.63) is 0 Å². The number of carboxylic acids is 1. The van der Waals surface area contributed by atoms with Crippen LogP contribution in [-0.2, 0) is 9.59 Å². The van der Waals surface area contributed by atoms with E-state index < -0.39 is 16.9 Å². The minimum atomic E-state index is -1.16. The number of piperidine rings is 1. The number of aliphatic carboxylic acids is 1. The van der Waals surface area contributed by atoms with Crippen molar-refractivity contribution in [2.75, 3.05) is 19.6 Å². The van der Waals surface area contributed by atoms with E-state index in [2.05, 4.69) is 5.32 Å². The summed E-state index contributed by atoms with van der Waals surface area (Å²) in [6, 6.07) is 0. The average molecular weight is 256 g/mol. The van der Waals surface area contributed by atoms with Crippen molar-refractivity contribution in [2.24, 2.45) is 5.41 Å². The number of rotatable bonds is 4. The van der Waals surface area contributed by atoms with E-state index in [9.17, 15) is 14.7 Å². The van der Waals surface area contributed by atoms with Crippen molar-refractivity contribution in [1.82, 2.24) is 10.2 Å². The van der Waals surface area contributed by atoms with Gasteiger partial charge in [-0.25, -0.2) is 4.79 Å². The molecule has 18 heavy (non-hydrogen) atoms. The molecular formula is C13H24N2O3. The van der Waals surface area contributed by atoms with Gasteiger partial charge in [0.1, 0.15) is 5.54 Å². The van der Waals surface area contributed by atoms with E-state index in [1.54, 1.807) is 13.8 Å². The summed E-state index contributed by atoms with van der Waals surface area (Å²) in [4.78, 5) is 25.4. The molecule has 5 nitrogen and oxygen atoms in total. The third kappa shape index (κ3) is 2.66. The molecule has 0 saturated carbocycles. The summed E-state index contributed by atoms with van der Waals surface area (Å²) < 4.78 is 0. The fourth-order valence-corrected chi connectivity index (χ4v) is 2.47. The molecule has 1 fully saturated rings. The first-order valence-corrected chi connectivity index (χ1v) is 6.52. The van der Waals surface area contributed by atoms with E-state index in [1.807, 2.05) is 13.8 Å². The van der Waals surface area contributed by atoms with Gasteiger partial charge in [-0.3, -0.25) is 4.79 Å². The Morgan fingerprint density at radius 3 is 2.44 bits per heavy atom. The number of nitrogens with zero attached hydrogens (tertiary/aromatic N) is 1. The zero-order valence-corrected chi connectivity index (χ0v) is 11.7. The number of hydrogen-bond donors (Lipinski definition) is 2. The van der Waals surface area contributed by atoms with E-state index in [1.165, 1.54) is 4.90 Å². The molecule has 0 aliphatic carbocycles. The summed E-state index contributed by atoms with van der Waals surface area (Å²) in [5.41, 5.74) is -1.65. The fourth-order valence-electron chi connectivity index (χ4n) is 2.47. The number of amides is 1. The van der Waals surface area contributed by atoms with E-state index >= 15 is 0 Å². The summed E-state index contributed by atoms with van der Waals surface area (Å²) in [5, 5.41) is 12.5. The second kappa shape index (κ2) is 5.26. The molecule has 1 rings (SSSR count). The summed E-state index contributed by atoms with van der Waals surface area (Å²) in [5.74, 6) is -1.03. The van der Waals surface area contributed by atoms with Crippen LogP contribution in [-0.4, -0.2) is 47.1 Å². The molecule has 1 aliphatic rings. The van der Waals surface area contributed by atoms with Crippen molar-refractivity contribution < 1.29 is 14.7 Å². The molecule has 1 atom stereocenters. The molecule has 2 N–H and O–H groups in total. The van der Waals surface area contributed by atoms with Gasteiger partial charge in [-0.15, -0.1) is 0 Å². The molecule has 1 aliphatic heterocycles. The second-order valence-corrected chi connectivity index (χ2v) is 5.75. The van der Waals surface area contributed by atoms with Gasteiger partial charge in [-0.1, -0.05) is 0 Å². The normalized spacial score (nSPS) is 24.7. The molecule has 0 aromatic rings. The first kappa shape index (κ1) is 15.0. The second-order valence-electron chi connectivity index (χ2n) is 5.75. The maximum Gasteiger partial charge on any atom is 0.329 e. The van der Waals surface area contributed by atoms with Crippen molar-refractivity contribution in [2.45, 2.75) is 46.1 Å². The number of carbonyl (C=O) groups is 2.